The molecule has 0 N–H and O–H groups in total. The maximum atomic E-state index is 2.63. The van der Waals surface area contributed by atoms with Crippen LogP contribution in [0.4, 0.5) is 0 Å². The maximum absolute atomic E-state index is 2.63. The average molecular weight is 509 g/mol. The minimum Gasteiger partial charge on any atom is -0.0620 e. The molecule has 0 heterocycles. The lowest BCUT2D eigenvalue weighted by Crippen LogP contribution is -2.82. The quantitative estimate of drug-likeness (QED) is 0.226. The van der Waals surface area contributed by atoms with Crippen LogP contribution in [0.25, 0.3) is 0 Å². The molecule has 4 unspecified atom stereocenters. The van der Waals surface area contributed by atoms with Gasteiger partial charge in [-0.2, -0.15) is 0 Å². The highest BCUT2D eigenvalue weighted by molar-refractivity contribution is 5.81. The smallest absolute Gasteiger partial charge is 0.000519 e. The van der Waals surface area contributed by atoms with Gasteiger partial charge < -0.3 is 0 Å². The molecular weight excluding hydrogens is 480 g/mol. The maximum Gasteiger partial charge on any atom is -0.000519 e. The first-order valence-corrected chi connectivity index (χ1v) is 16.3. The highest BCUT2D eigenvalue weighted by Crippen LogP contribution is 3.22. The normalized spacial score (nSPS) is 58.4. The average Bonchev–Trinajstić information content (AvgIpc) is 3.45. The van der Waals surface area contributed by atoms with Crippen LogP contribution in [-0.2, 0) is 0 Å². The van der Waals surface area contributed by atoms with Crippen LogP contribution in [0.5, 0.6) is 0 Å². The van der Waals surface area contributed by atoms with Gasteiger partial charge in [-0.05, 0) is 137 Å². The van der Waals surface area contributed by atoms with Gasteiger partial charge in [0.05, 0.1) is 0 Å². The zero-order valence-corrected chi connectivity index (χ0v) is 22.2. The summed E-state index contributed by atoms with van der Waals surface area (Å²) in [6.07, 6.45) is 0. The summed E-state index contributed by atoms with van der Waals surface area (Å²) in [4.78, 5) is 0. The molecule has 17 aliphatic rings. The van der Waals surface area contributed by atoms with Crippen molar-refractivity contribution in [1.29, 1.82) is 0 Å². The van der Waals surface area contributed by atoms with Crippen molar-refractivity contribution in [3.63, 3.8) is 0 Å². The molecule has 40 heavy (non-hydrogen) atoms. The number of hydrogen-bond donors (Lipinski definition) is 0. The third-order valence-electron chi connectivity index (χ3n) is 17.3. The van der Waals surface area contributed by atoms with E-state index in [0.29, 0.717) is 21.7 Å². The molecule has 9 fully saturated rings. The SMILES string of the molecule is c1ccc2c(c1)[C@@H]1C3C4[C@H]5c6ccccc6[C@@H]3C36[C@H]7c8ccccc8[C@@H]8C9C7[C@H]7c%10ccccc%10[C@@H]9C([C@@H]24)(C173)C586. The highest BCUT2D eigenvalue weighted by atomic mass is 15.2. The van der Waals surface area contributed by atoms with Crippen LogP contribution in [0.15, 0.2) is 97.1 Å². The van der Waals surface area contributed by atoms with Crippen molar-refractivity contribution in [3.05, 3.63) is 142 Å². The summed E-state index contributed by atoms with van der Waals surface area (Å²) in [6, 6.07) is 40.3. The summed E-state index contributed by atoms with van der Waals surface area (Å²) in [5, 5.41) is 0. The van der Waals surface area contributed by atoms with E-state index in [0.717, 1.165) is 71.0 Å². The van der Waals surface area contributed by atoms with Gasteiger partial charge in [-0.15, -0.1) is 0 Å². The second kappa shape index (κ2) is 4.65. The van der Waals surface area contributed by atoms with E-state index in [1.807, 2.05) is 44.5 Å². The van der Waals surface area contributed by atoms with Crippen molar-refractivity contribution < 1.29 is 0 Å². The lowest BCUT2D eigenvalue weighted by atomic mass is 9.15. The molecule has 4 aromatic carbocycles. The fourth-order valence-electron chi connectivity index (χ4n) is 19.1. The van der Waals surface area contributed by atoms with E-state index in [1.54, 1.807) is 0 Å². The molecule has 0 radical (unpaired) electrons. The Balaban J connectivity index is 1.26. The van der Waals surface area contributed by atoms with Crippen molar-refractivity contribution >= 4 is 0 Å². The van der Waals surface area contributed by atoms with E-state index in [-0.39, 0.29) is 0 Å². The van der Waals surface area contributed by atoms with Crippen molar-refractivity contribution in [2.45, 2.75) is 47.3 Å². The molecule has 0 saturated heterocycles. The monoisotopic (exact) mass is 508 g/mol. The molecule has 0 amide bonds. The Hall–Kier alpha value is -3.12. The summed E-state index contributed by atoms with van der Waals surface area (Å²) < 4.78 is 0. The third-order valence-corrected chi connectivity index (χ3v) is 17.3. The molecule has 0 aliphatic heterocycles. The Morgan fingerprint density at radius 2 is 0.400 bits per heavy atom. The standard InChI is InChI=1S/C40H28/c1-2-10-18-17(9-1)29-25-26-30(18)38-34-22-14-6-4-12-20(22)32-27-28(34)36-24-16-8-7-15-23(24)35(27)39(37(29,32)38)31(25)19-11-3-5-13-21(19)33(26)40(36,38)39/h1-16,25-36H/t25?,26?,27?,28?,29-,30+,31+,32-,33-,34+,35+,36-,37?,38?,39?,40?. The summed E-state index contributed by atoms with van der Waals surface area (Å²) >= 11 is 0. The summed E-state index contributed by atoms with van der Waals surface area (Å²) in [5.41, 5.74) is 16.4. The lowest BCUT2D eigenvalue weighted by Gasteiger charge is -2.87. The Kier molecular flexibility index (Phi) is 2.13. The molecular formula is C40H28. The van der Waals surface area contributed by atoms with E-state index < -0.39 is 0 Å². The highest BCUT2D eigenvalue weighted by Gasteiger charge is 3.16. The van der Waals surface area contributed by atoms with E-state index in [1.165, 1.54) is 0 Å². The van der Waals surface area contributed by atoms with Crippen LogP contribution >= 0.6 is 0 Å². The predicted molar refractivity (Wildman–Crippen MR) is 151 cm³/mol. The second-order valence-electron chi connectivity index (χ2n) is 16.1. The first-order chi connectivity index (χ1) is 19.9. The fourth-order valence-corrected chi connectivity index (χ4v) is 19.1. The third kappa shape index (κ3) is 1.03. The van der Waals surface area contributed by atoms with Crippen LogP contribution in [0.1, 0.15) is 91.9 Å². The number of hydrogen-bond acceptors (Lipinski definition) is 0. The van der Waals surface area contributed by atoms with Crippen LogP contribution < -0.4 is 0 Å². The Bertz CT molecular complexity index is 1610. The first-order valence-electron chi connectivity index (χ1n) is 16.3. The predicted octanol–water partition coefficient (Wildman–Crippen LogP) is 8.02. The molecule has 9 saturated carbocycles. The van der Waals surface area contributed by atoms with E-state index in [4.69, 9.17) is 0 Å². The molecule has 12 atom stereocenters. The largest absolute Gasteiger partial charge is 0.0620 e. The molecule has 188 valence electrons. The van der Waals surface area contributed by atoms with E-state index in [9.17, 15) is 0 Å². The molecule has 0 aromatic heterocycles. The summed E-state index contributed by atoms with van der Waals surface area (Å²) in [7, 11) is 0. The zero-order valence-electron chi connectivity index (χ0n) is 22.2. The first kappa shape index (κ1) is 18.3. The Morgan fingerprint density at radius 3 is 0.550 bits per heavy atom. The van der Waals surface area contributed by atoms with E-state index in [2.05, 4.69) is 97.1 Å². The molecule has 21 rings (SSSR count). The molecule has 0 heteroatoms. The van der Waals surface area contributed by atoms with Crippen LogP contribution in [-0.4, -0.2) is 0 Å². The van der Waals surface area contributed by atoms with Crippen molar-refractivity contribution in [2.75, 3.05) is 0 Å². The fraction of sp³-hybridized carbons (Fsp3) is 0.400. The lowest BCUT2D eigenvalue weighted by molar-refractivity contribution is -0.342. The van der Waals surface area contributed by atoms with Crippen molar-refractivity contribution in [1.82, 2.24) is 0 Å². The number of rotatable bonds is 0. The van der Waals surface area contributed by atoms with Crippen LogP contribution in [0.3, 0.4) is 0 Å². The second-order valence-corrected chi connectivity index (χ2v) is 16.1. The zero-order chi connectivity index (χ0) is 24.9. The Labute approximate surface area is 233 Å². The number of benzene rings is 4. The molecule has 4 spiro atoms. The Morgan fingerprint density at radius 1 is 0.250 bits per heavy atom. The van der Waals surface area contributed by atoms with Gasteiger partial charge in [-0.1, -0.05) is 97.1 Å². The minimum absolute atomic E-state index is 0.472. The topological polar surface area (TPSA) is 0 Å². The van der Waals surface area contributed by atoms with Crippen LogP contribution in [0.2, 0.25) is 0 Å². The van der Waals surface area contributed by atoms with Gasteiger partial charge in [-0.3, -0.25) is 0 Å². The van der Waals surface area contributed by atoms with Gasteiger partial charge in [0.15, 0.2) is 0 Å². The van der Waals surface area contributed by atoms with Gasteiger partial charge in [0.1, 0.15) is 0 Å². The molecule has 4 aromatic rings. The van der Waals surface area contributed by atoms with Gasteiger partial charge in [0.25, 0.3) is 0 Å². The summed E-state index contributed by atoms with van der Waals surface area (Å²) in [5.74, 6) is 9.62. The molecule has 0 nitrogen and oxygen atoms in total. The van der Waals surface area contributed by atoms with Crippen molar-refractivity contribution in [2.24, 2.45) is 45.3 Å². The van der Waals surface area contributed by atoms with Gasteiger partial charge in [0.2, 0.25) is 0 Å². The van der Waals surface area contributed by atoms with Crippen molar-refractivity contribution in [3.8, 4) is 0 Å². The minimum atomic E-state index is 0.472. The molecule has 17 aliphatic carbocycles. The summed E-state index contributed by atoms with van der Waals surface area (Å²) in [6.45, 7) is 0. The van der Waals surface area contributed by atoms with Gasteiger partial charge >= 0.3 is 0 Å². The van der Waals surface area contributed by atoms with Gasteiger partial charge in [0, 0.05) is 0 Å². The van der Waals surface area contributed by atoms with Gasteiger partial charge in [-0.25, -0.2) is 0 Å². The molecule has 16 bridgehead atoms. The van der Waals surface area contributed by atoms with E-state index >= 15 is 0 Å². The van der Waals surface area contributed by atoms with Crippen LogP contribution in [0, 0.1) is 45.3 Å².